The normalized spacial score (nSPS) is 33.2. The van der Waals surface area contributed by atoms with Gasteiger partial charge >= 0.3 is 0 Å². The number of hydrogen-bond donors (Lipinski definition) is 2. The van der Waals surface area contributed by atoms with E-state index in [1.165, 1.54) is 6.08 Å². The predicted molar refractivity (Wildman–Crippen MR) is 152 cm³/mol. The van der Waals surface area contributed by atoms with Crippen molar-refractivity contribution in [1.29, 1.82) is 0 Å². The van der Waals surface area contributed by atoms with E-state index >= 15 is 0 Å². The van der Waals surface area contributed by atoms with Crippen LogP contribution in [0.4, 0.5) is 0 Å². The molecule has 2 N–H and O–H groups in total. The average molecular weight is 583 g/mol. The highest BCUT2D eigenvalue weighted by Gasteiger charge is 2.61. The van der Waals surface area contributed by atoms with Crippen LogP contribution in [0.25, 0.3) is 0 Å². The first-order valence-electron chi connectivity index (χ1n) is 13.5. The summed E-state index contributed by atoms with van der Waals surface area (Å²) < 4.78 is 54.0. The smallest absolute Gasteiger partial charge is 0.224 e. The molecule has 41 heavy (non-hydrogen) atoms. The SMILES string of the molecule is C=CCOC[C@H]1O[C@@](COCC=C)(O[C@H]2O[C@H](COCC=C)[C@@H](OCC=C)[C@H](O)[C@H]2O)[C@@H](OCC=C)[C@@H]1OCC=C. The summed E-state index contributed by atoms with van der Waals surface area (Å²) in [5, 5.41) is 22.2. The molecule has 11 heteroatoms. The first-order chi connectivity index (χ1) is 19.9. The highest BCUT2D eigenvalue weighted by Crippen LogP contribution is 2.40. The van der Waals surface area contributed by atoms with Crippen molar-refractivity contribution in [2.45, 2.75) is 54.8 Å². The maximum absolute atomic E-state index is 11.1. The predicted octanol–water partition coefficient (Wildman–Crippen LogP) is 1.87. The summed E-state index contributed by atoms with van der Waals surface area (Å²) in [6.45, 7) is 23.2. The fourth-order valence-corrected chi connectivity index (χ4v) is 4.52. The Morgan fingerprint density at radius 2 is 1.12 bits per heavy atom. The highest BCUT2D eigenvalue weighted by molar-refractivity contribution is 5.02. The van der Waals surface area contributed by atoms with Crippen LogP contribution in [0.5, 0.6) is 0 Å². The zero-order valence-electron chi connectivity index (χ0n) is 23.8. The van der Waals surface area contributed by atoms with Crippen LogP contribution in [-0.4, -0.2) is 124 Å². The first-order valence-corrected chi connectivity index (χ1v) is 13.5. The standard InChI is InChI=1S/C30H46O11/c1-7-13-33-19-22-26(36-16-10-4)24(31)25(32)29(39-22)41-30(21-35-15-9-3)28(38-18-12-6)27(37-17-11-5)23(40-30)20-34-14-8-2/h7-12,22-29,31-32H,1-6,13-21H2/t22-,23-,24-,25-,26-,27-,28+,29-,30+/m1/s1. The highest BCUT2D eigenvalue weighted by atomic mass is 16.8. The summed E-state index contributed by atoms with van der Waals surface area (Å²) in [5.41, 5.74) is 0. The molecule has 0 radical (unpaired) electrons. The second-order valence-electron chi connectivity index (χ2n) is 9.28. The third-order valence-corrected chi connectivity index (χ3v) is 6.19. The van der Waals surface area contributed by atoms with Crippen LogP contribution in [0.1, 0.15) is 0 Å². The number of rotatable bonds is 23. The molecule has 2 rings (SSSR count). The summed E-state index contributed by atoms with van der Waals surface area (Å²) in [6, 6.07) is 0. The van der Waals surface area contributed by atoms with Gasteiger partial charge in [-0.25, -0.2) is 0 Å². The lowest BCUT2D eigenvalue weighted by Gasteiger charge is -2.45. The Balaban J connectivity index is 2.45. The molecule has 0 amide bonds. The van der Waals surface area contributed by atoms with Crippen LogP contribution in [-0.2, 0) is 42.6 Å². The van der Waals surface area contributed by atoms with Gasteiger partial charge in [0, 0.05) is 0 Å². The van der Waals surface area contributed by atoms with E-state index in [2.05, 4.69) is 39.5 Å². The Kier molecular flexibility index (Phi) is 16.5. The first kappa shape index (κ1) is 35.2. The molecule has 0 aromatic rings. The molecule has 2 fully saturated rings. The molecule has 2 saturated heterocycles. The lowest BCUT2D eigenvalue weighted by Crippen LogP contribution is -2.63. The van der Waals surface area contributed by atoms with Crippen molar-refractivity contribution in [3.8, 4) is 0 Å². The molecule has 2 aliphatic rings. The van der Waals surface area contributed by atoms with Crippen molar-refractivity contribution in [3.05, 3.63) is 75.9 Å². The van der Waals surface area contributed by atoms with E-state index < -0.39 is 54.8 Å². The molecule has 0 spiro atoms. The van der Waals surface area contributed by atoms with Crippen LogP contribution in [0.2, 0.25) is 0 Å². The van der Waals surface area contributed by atoms with Crippen molar-refractivity contribution in [2.75, 3.05) is 59.5 Å². The molecular formula is C30H46O11. The molecule has 9 atom stereocenters. The van der Waals surface area contributed by atoms with E-state index in [1.54, 1.807) is 30.4 Å². The van der Waals surface area contributed by atoms with Gasteiger partial charge in [0.25, 0.3) is 0 Å². The zero-order chi connectivity index (χ0) is 30.1. The molecule has 0 bridgehead atoms. The third-order valence-electron chi connectivity index (χ3n) is 6.19. The Bertz CT molecular complexity index is 820. The Morgan fingerprint density at radius 1 is 0.610 bits per heavy atom. The maximum Gasteiger partial charge on any atom is 0.224 e. The van der Waals surface area contributed by atoms with E-state index in [9.17, 15) is 10.2 Å². The van der Waals surface area contributed by atoms with Gasteiger partial charge in [-0.3, -0.25) is 0 Å². The fourth-order valence-electron chi connectivity index (χ4n) is 4.52. The summed E-state index contributed by atoms with van der Waals surface area (Å²) in [7, 11) is 0. The van der Waals surface area contributed by atoms with Gasteiger partial charge in [0.15, 0.2) is 6.29 Å². The number of ether oxygens (including phenoxy) is 9. The fraction of sp³-hybridized carbons (Fsp3) is 0.600. The van der Waals surface area contributed by atoms with Crippen LogP contribution in [0, 0.1) is 0 Å². The van der Waals surface area contributed by atoms with Crippen LogP contribution < -0.4 is 0 Å². The summed E-state index contributed by atoms with van der Waals surface area (Å²) in [4.78, 5) is 0. The van der Waals surface area contributed by atoms with Gasteiger partial charge in [-0.1, -0.05) is 36.5 Å². The molecule has 11 nitrogen and oxygen atoms in total. The van der Waals surface area contributed by atoms with E-state index in [-0.39, 0.29) is 59.5 Å². The molecule has 0 aromatic heterocycles. The number of aliphatic hydroxyl groups is 2. The zero-order valence-corrected chi connectivity index (χ0v) is 23.8. The molecule has 0 saturated carbocycles. The van der Waals surface area contributed by atoms with E-state index in [1.807, 2.05) is 0 Å². The van der Waals surface area contributed by atoms with Gasteiger partial charge in [-0.05, 0) is 0 Å². The third kappa shape index (κ3) is 10.1. The Morgan fingerprint density at radius 3 is 1.71 bits per heavy atom. The maximum atomic E-state index is 11.1. The molecule has 2 heterocycles. The molecule has 0 unspecified atom stereocenters. The second-order valence-corrected chi connectivity index (χ2v) is 9.28. The molecule has 232 valence electrons. The second kappa shape index (κ2) is 19.2. The van der Waals surface area contributed by atoms with Crippen LogP contribution in [0.3, 0.4) is 0 Å². The largest absolute Gasteiger partial charge is 0.387 e. The Labute approximate surface area is 243 Å². The Hall–Kier alpha value is -2.00. The number of hydrogen-bond acceptors (Lipinski definition) is 11. The van der Waals surface area contributed by atoms with Gasteiger partial charge in [-0.2, -0.15) is 0 Å². The van der Waals surface area contributed by atoms with E-state index in [0.29, 0.717) is 0 Å². The van der Waals surface area contributed by atoms with Gasteiger partial charge in [0.2, 0.25) is 5.79 Å². The molecule has 0 aromatic carbocycles. The van der Waals surface area contributed by atoms with Crippen molar-refractivity contribution in [2.24, 2.45) is 0 Å². The monoisotopic (exact) mass is 582 g/mol. The average Bonchev–Trinajstić information content (AvgIpc) is 3.25. The van der Waals surface area contributed by atoms with E-state index in [4.69, 9.17) is 42.6 Å². The lowest BCUT2D eigenvalue weighted by molar-refractivity contribution is -0.389. The summed E-state index contributed by atoms with van der Waals surface area (Å²) in [6.07, 6.45) is 1.10. The summed E-state index contributed by atoms with van der Waals surface area (Å²) in [5.74, 6) is -1.67. The summed E-state index contributed by atoms with van der Waals surface area (Å²) >= 11 is 0. The molecule has 0 aliphatic carbocycles. The van der Waals surface area contributed by atoms with Crippen molar-refractivity contribution in [1.82, 2.24) is 0 Å². The minimum Gasteiger partial charge on any atom is -0.387 e. The molecular weight excluding hydrogens is 536 g/mol. The van der Waals surface area contributed by atoms with Gasteiger partial charge in [-0.15, -0.1) is 39.5 Å². The van der Waals surface area contributed by atoms with Crippen molar-refractivity contribution >= 4 is 0 Å². The van der Waals surface area contributed by atoms with Crippen LogP contribution in [0.15, 0.2) is 75.9 Å². The minimum atomic E-state index is -1.67. The number of aliphatic hydroxyl groups excluding tert-OH is 2. The topological polar surface area (TPSA) is 124 Å². The molecule has 2 aliphatic heterocycles. The van der Waals surface area contributed by atoms with Crippen molar-refractivity contribution < 1.29 is 52.8 Å². The van der Waals surface area contributed by atoms with E-state index in [0.717, 1.165) is 0 Å². The van der Waals surface area contributed by atoms with Gasteiger partial charge in [0.1, 0.15) is 49.3 Å². The van der Waals surface area contributed by atoms with Gasteiger partial charge < -0.3 is 52.8 Å². The minimum absolute atomic E-state index is 0.0256. The lowest BCUT2D eigenvalue weighted by atomic mass is 9.98. The van der Waals surface area contributed by atoms with Gasteiger partial charge in [0.05, 0.1) is 52.9 Å². The van der Waals surface area contributed by atoms with Crippen LogP contribution >= 0.6 is 0 Å². The van der Waals surface area contributed by atoms with Crippen molar-refractivity contribution in [3.63, 3.8) is 0 Å². The quantitative estimate of drug-likeness (QED) is 0.136.